The van der Waals surface area contributed by atoms with Crippen molar-refractivity contribution in [2.24, 2.45) is 0 Å². The first-order valence-electron chi connectivity index (χ1n) is 12.6. The predicted octanol–water partition coefficient (Wildman–Crippen LogP) is 10.9. The number of halogens is 1. The second kappa shape index (κ2) is 9.03. The van der Waals surface area contributed by atoms with Crippen molar-refractivity contribution in [2.75, 3.05) is 0 Å². The van der Waals surface area contributed by atoms with E-state index in [0.29, 0.717) is 0 Å². The van der Waals surface area contributed by atoms with Crippen LogP contribution in [0.3, 0.4) is 0 Å². The van der Waals surface area contributed by atoms with Crippen LogP contribution in [0.2, 0.25) is 0 Å². The van der Waals surface area contributed by atoms with Crippen LogP contribution in [-0.2, 0) is 0 Å². The molecule has 0 aliphatic heterocycles. The molecule has 0 nitrogen and oxygen atoms in total. The highest BCUT2D eigenvalue weighted by Crippen LogP contribution is 2.49. The summed E-state index contributed by atoms with van der Waals surface area (Å²) in [4.78, 5) is 0. The molecule has 7 aromatic carbocycles. The maximum absolute atomic E-state index is 3.73. The Kier molecular flexibility index (Phi) is 5.38. The monoisotopic (exact) mass is 534 g/mol. The molecule has 0 unspecified atom stereocenters. The Hall–Kier alpha value is -4.20. The first-order valence-corrected chi connectivity index (χ1v) is 13.4. The highest BCUT2D eigenvalue weighted by atomic mass is 79.9. The topological polar surface area (TPSA) is 0 Å². The van der Waals surface area contributed by atoms with Gasteiger partial charge in [-0.15, -0.1) is 0 Å². The lowest BCUT2D eigenvalue weighted by Gasteiger charge is -2.22. The van der Waals surface area contributed by atoms with Crippen LogP contribution >= 0.6 is 15.9 Å². The molecule has 0 bridgehead atoms. The van der Waals surface area contributed by atoms with Crippen LogP contribution in [0.25, 0.3) is 65.7 Å². The fraction of sp³-hybridized carbons (Fsp3) is 0. The minimum atomic E-state index is 1.08. The second-order valence-electron chi connectivity index (χ2n) is 9.43. The lowest BCUT2D eigenvalue weighted by molar-refractivity contribution is 1.58. The third kappa shape index (κ3) is 3.66. The van der Waals surface area contributed by atoms with Crippen LogP contribution < -0.4 is 0 Å². The van der Waals surface area contributed by atoms with Gasteiger partial charge in [0.25, 0.3) is 0 Å². The summed E-state index contributed by atoms with van der Waals surface area (Å²) in [6.45, 7) is 0. The van der Waals surface area contributed by atoms with Gasteiger partial charge in [-0.05, 0) is 83.9 Å². The molecule has 0 fully saturated rings. The molecule has 7 rings (SSSR count). The molecule has 0 radical (unpaired) electrons. The number of hydrogen-bond donors (Lipinski definition) is 0. The summed E-state index contributed by atoms with van der Waals surface area (Å²) in [5.41, 5.74) is 7.42. The Bertz CT molecular complexity index is 1920. The van der Waals surface area contributed by atoms with Gasteiger partial charge < -0.3 is 0 Å². The average molecular weight is 535 g/mol. The number of hydrogen-bond acceptors (Lipinski definition) is 0. The van der Waals surface area contributed by atoms with Gasteiger partial charge in [-0.2, -0.15) is 0 Å². The van der Waals surface area contributed by atoms with Gasteiger partial charge in [0.1, 0.15) is 0 Å². The van der Waals surface area contributed by atoms with Crippen molar-refractivity contribution in [3.8, 4) is 33.4 Å². The molecule has 174 valence electrons. The number of rotatable bonds is 3. The van der Waals surface area contributed by atoms with E-state index in [-0.39, 0.29) is 0 Å². The SMILES string of the molecule is Brc1cccc(-c2cc3c4ccccc4c4ccccc4c3c(-c3ccccc3)c2-c2ccccc2)c1. The molecule has 0 heterocycles. The van der Waals surface area contributed by atoms with Crippen molar-refractivity contribution < 1.29 is 0 Å². The lowest BCUT2D eigenvalue weighted by atomic mass is 9.81. The van der Waals surface area contributed by atoms with Crippen LogP contribution in [0.15, 0.2) is 144 Å². The van der Waals surface area contributed by atoms with Gasteiger partial charge in [0.05, 0.1) is 0 Å². The van der Waals surface area contributed by atoms with Gasteiger partial charge in [-0.3, -0.25) is 0 Å². The first-order chi connectivity index (χ1) is 18.3. The van der Waals surface area contributed by atoms with Crippen LogP contribution in [0.5, 0.6) is 0 Å². The quantitative estimate of drug-likeness (QED) is 0.198. The third-order valence-electron chi connectivity index (χ3n) is 7.29. The Morgan fingerprint density at radius 3 is 1.46 bits per heavy atom. The smallest absolute Gasteiger partial charge is 0.0181 e. The number of benzene rings is 7. The van der Waals surface area contributed by atoms with E-state index in [4.69, 9.17) is 0 Å². The Balaban J connectivity index is 1.81. The van der Waals surface area contributed by atoms with E-state index < -0.39 is 0 Å². The van der Waals surface area contributed by atoms with Crippen molar-refractivity contribution in [3.05, 3.63) is 144 Å². The molecule has 1 heteroatoms. The molecule has 0 saturated carbocycles. The normalized spacial score (nSPS) is 11.4. The van der Waals surface area contributed by atoms with Gasteiger partial charge in [-0.1, -0.05) is 137 Å². The summed E-state index contributed by atoms with van der Waals surface area (Å²) >= 11 is 3.73. The summed E-state index contributed by atoms with van der Waals surface area (Å²) in [6, 6.07) is 50.5. The van der Waals surface area contributed by atoms with E-state index in [2.05, 4.69) is 155 Å². The fourth-order valence-corrected chi connectivity index (χ4v) is 6.15. The van der Waals surface area contributed by atoms with E-state index in [9.17, 15) is 0 Å². The van der Waals surface area contributed by atoms with Crippen LogP contribution in [0.4, 0.5) is 0 Å². The molecule has 0 saturated heterocycles. The largest absolute Gasteiger partial charge is 0.0622 e. The molecule has 0 aliphatic carbocycles. The zero-order valence-corrected chi connectivity index (χ0v) is 21.7. The van der Waals surface area contributed by atoms with Crippen molar-refractivity contribution >= 4 is 48.2 Å². The van der Waals surface area contributed by atoms with Gasteiger partial charge in [-0.25, -0.2) is 0 Å². The average Bonchev–Trinajstić information content (AvgIpc) is 2.97. The summed E-state index contributed by atoms with van der Waals surface area (Å²) in [5, 5.41) is 7.73. The summed E-state index contributed by atoms with van der Waals surface area (Å²) in [5.74, 6) is 0. The molecule has 0 N–H and O–H groups in total. The van der Waals surface area contributed by atoms with E-state index in [0.717, 1.165) is 4.47 Å². The van der Waals surface area contributed by atoms with Crippen LogP contribution in [-0.4, -0.2) is 0 Å². The van der Waals surface area contributed by atoms with Crippen molar-refractivity contribution in [1.82, 2.24) is 0 Å². The molecule has 0 amide bonds. The van der Waals surface area contributed by atoms with Crippen molar-refractivity contribution in [2.45, 2.75) is 0 Å². The van der Waals surface area contributed by atoms with E-state index in [1.807, 2.05) is 0 Å². The summed E-state index contributed by atoms with van der Waals surface area (Å²) < 4.78 is 1.08. The van der Waals surface area contributed by atoms with Crippen LogP contribution in [0.1, 0.15) is 0 Å². The Labute approximate surface area is 225 Å². The molecule has 0 aliphatic rings. The fourth-order valence-electron chi connectivity index (χ4n) is 5.75. The molecular weight excluding hydrogens is 512 g/mol. The first kappa shape index (κ1) is 22.0. The number of fused-ring (bicyclic) bond motifs is 6. The maximum Gasteiger partial charge on any atom is 0.0181 e. The van der Waals surface area contributed by atoms with Gasteiger partial charge in [0.2, 0.25) is 0 Å². The lowest BCUT2D eigenvalue weighted by Crippen LogP contribution is -1.95. The molecular formula is C36H23Br. The molecule has 7 aromatic rings. The zero-order chi connectivity index (χ0) is 24.8. The highest BCUT2D eigenvalue weighted by molar-refractivity contribution is 9.10. The second-order valence-corrected chi connectivity index (χ2v) is 10.3. The summed E-state index contributed by atoms with van der Waals surface area (Å²) in [7, 11) is 0. The highest BCUT2D eigenvalue weighted by Gasteiger charge is 2.21. The molecule has 0 atom stereocenters. The molecule has 37 heavy (non-hydrogen) atoms. The zero-order valence-electron chi connectivity index (χ0n) is 20.2. The van der Waals surface area contributed by atoms with E-state index >= 15 is 0 Å². The third-order valence-corrected chi connectivity index (χ3v) is 7.78. The Morgan fingerprint density at radius 2 is 0.838 bits per heavy atom. The minimum absolute atomic E-state index is 1.08. The molecule has 0 aromatic heterocycles. The van der Waals surface area contributed by atoms with Gasteiger partial charge in [0.15, 0.2) is 0 Å². The van der Waals surface area contributed by atoms with Crippen molar-refractivity contribution in [3.63, 3.8) is 0 Å². The van der Waals surface area contributed by atoms with E-state index in [1.54, 1.807) is 0 Å². The van der Waals surface area contributed by atoms with Crippen molar-refractivity contribution in [1.29, 1.82) is 0 Å². The minimum Gasteiger partial charge on any atom is -0.0622 e. The summed E-state index contributed by atoms with van der Waals surface area (Å²) in [6.07, 6.45) is 0. The van der Waals surface area contributed by atoms with Gasteiger partial charge in [0, 0.05) is 4.47 Å². The molecule has 0 spiro atoms. The standard InChI is InChI=1S/C36H23Br/c37-27-17-11-16-26(22-27)32-23-33-30-20-8-7-18-28(30)29-19-9-10-21-31(29)36(33)35(25-14-5-2-6-15-25)34(32)24-12-3-1-4-13-24/h1-23H. The van der Waals surface area contributed by atoms with Gasteiger partial charge >= 0.3 is 0 Å². The Morgan fingerprint density at radius 1 is 0.351 bits per heavy atom. The maximum atomic E-state index is 3.73. The van der Waals surface area contributed by atoms with Crippen LogP contribution in [0, 0.1) is 0 Å². The predicted molar refractivity (Wildman–Crippen MR) is 163 cm³/mol. The van der Waals surface area contributed by atoms with E-state index in [1.165, 1.54) is 65.7 Å².